The van der Waals surface area contributed by atoms with Crippen molar-refractivity contribution < 1.29 is 14.0 Å². The molecule has 2 aromatic carbocycles. The molecule has 6 nitrogen and oxygen atoms in total. The fourth-order valence-electron chi connectivity index (χ4n) is 4.67. The van der Waals surface area contributed by atoms with Gasteiger partial charge in [0.1, 0.15) is 11.6 Å². The molecule has 0 bridgehead atoms. The molecule has 1 N–H and O–H groups in total. The van der Waals surface area contributed by atoms with Gasteiger partial charge in [0.25, 0.3) is 0 Å². The van der Waals surface area contributed by atoms with Crippen LogP contribution in [0.4, 0.5) is 10.1 Å². The van der Waals surface area contributed by atoms with Gasteiger partial charge in [-0.25, -0.2) is 9.37 Å². The fourth-order valence-corrected chi connectivity index (χ4v) is 4.67. The SMILES string of the molecule is Cc1ccc(N2CC(C(=O)N3CCC(c4nc5ccccc5[nH]4)CC3)CC2=O)cc1F. The number of benzene rings is 2. The van der Waals surface area contributed by atoms with Crippen molar-refractivity contribution in [2.24, 2.45) is 5.92 Å². The van der Waals surface area contributed by atoms with Crippen LogP contribution >= 0.6 is 0 Å². The maximum atomic E-state index is 13.9. The number of hydrogen-bond donors (Lipinski definition) is 1. The molecule has 3 heterocycles. The van der Waals surface area contributed by atoms with Crippen molar-refractivity contribution in [1.29, 1.82) is 0 Å². The number of halogens is 1. The van der Waals surface area contributed by atoms with Gasteiger partial charge in [0.15, 0.2) is 0 Å². The number of H-pyrrole nitrogens is 1. The van der Waals surface area contributed by atoms with Crippen LogP contribution in [0.15, 0.2) is 42.5 Å². The molecule has 1 unspecified atom stereocenters. The van der Waals surface area contributed by atoms with E-state index in [-0.39, 0.29) is 30.0 Å². The molecule has 2 fully saturated rings. The Morgan fingerprint density at radius 2 is 1.94 bits per heavy atom. The number of aromatic nitrogens is 2. The number of aryl methyl sites for hydroxylation is 1. The molecule has 2 amide bonds. The molecule has 2 aliphatic heterocycles. The normalized spacial score (nSPS) is 20.1. The topological polar surface area (TPSA) is 69.3 Å². The lowest BCUT2D eigenvalue weighted by molar-refractivity contribution is -0.136. The number of nitrogens with one attached hydrogen (secondary N) is 1. The van der Waals surface area contributed by atoms with Crippen LogP contribution in [-0.4, -0.2) is 46.3 Å². The Morgan fingerprint density at radius 3 is 2.68 bits per heavy atom. The van der Waals surface area contributed by atoms with Crippen LogP contribution in [0.3, 0.4) is 0 Å². The number of carbonyl (C=O) groups excluding carboxylic acids is 2. The number of imidazole rings is 1. The largest absolute Gasteiger partial charge is 0.342 e. The molecule has 0 saturated carbocycles. The molecule has 0 aliphatic carbocycles. The summed E-state index contributed by atoms with van der Waals surface area (Å²) in [4.78, 5) is 37.1. The highest BCUT2D eigenvalue weighted by Gasteiger charge is 2.38. The maximum Gasteiger partial charge on any atom is 0.228 e. The first-order valence-corrected chi connectivity index (χ1v) is 10.8. The number of likely N-dealkylation sites (tertiary alicyclic amines) is 1. The number of amides is 2. The van der Waals surface area contributed by atoms with Crippen molar-refractivity contribution >= 4 is 28.5 Å². The van der Waals surface area contributed by atoms with E-state index in [0.29, 0.717) is 36.8 Å². The zero-order chi connectivity index (χ0) is 21.5. The molecule has 2 aliphatic rings. The molecule has 7 heteroatoms. The lowest BCUT2D eigenvalue weighted by Gasteiger charge is -2.32. The summed E-state index contributed by atoms with van der Waals surface area (Å²) in [7, 11) is 0. The Morgan fingerprint density at radius 1 is 1.16 bits per heavy atom. The van der Waals surface area contributed by atoms with Gasteiger partial charge in [-0.1, -0.05) is 18.2 Å². The molecule has 1 atom stereocenters. The van der Waals surface area contributed by atoms with Crippen LogP contribution in [0, 0.1) is 18.7 Å². The van der Waals surface area contributed by atoms with Gasteiger partial charge in [0.2, 0.25) is 11.8 Å². The van der Waals surface area contributed by atoms with Gasteiger partial charge in [-0.15, -0.1) is 0 Å². The van der Waals surface area contributed by atoms with Gasteiger partial charge in [0, 0.05) is 37.7 Å². The number of aromatic amines is 1. The highest BCUT2D eigenvalue weighted by Crippen LogP contribution is 2.31. The van der Waals surface area contributed by atoms with E-state index in [1.165, 1.54) is 11.0 Å². The quantitative estimate of drug-likeness (QED) is 0.701. The molecular weight excluding hydrogens is 395 g/mol. The van der Waals surface area contributed by atoms with Crippen molar-refractivity contribution in [3.63, 3.8) is 0 Å². The third kappa shape index (κ3) is 3.69. The molecule has 2 saturated heterocycles. The Bertz CT molecular complexity index is 1120. The van der Waals surface area contributed by atoms with Gasteiger partial charge < -0.3 is 14.8 Å². The van der Waals surface area contributed by atoms with Gasteiger partial charge in [-0.05, 0) is 49.6 Å². The predicted octanol–water partition coefficient (Wildman–Crippen LogP) is 3.77. The standard InChI is InChI=1S/C24H25FN4O2/c1-15-6-7-18(13-19(15)25)29-14-17(12-22(29)30)24(31)28-10-8-16(9-11-28)23-26-20-4-2-3-5-21(20)27-23/h2-7,13,16-17H,8-12,14H2,1H3,(H,26,27). The third-order valence-corrected chi connectivity index (χ3v) is 6.54. The highest BCUT2D eigenvalue weighted by molar-refractivity contribution is 6.00. The fraction of sp³-hybridized carbons (Fsp3) is 0.375. The van der Waals surface area contributed by atoms with E-state index >= 15 is 0 Å². The van der Waals surface area contributed by atoms with E-state index in [2.05, 4.69) is 4.98 Å². The lowest BCUT2D eigenvalue weighted by atomic mass is 9.95. The summed E-state index contributed by atoms with van der Waals surface area (Å²) in [5.41, 5.74) is 3.06. The van der Waals surface area contributed by atoms with Crippen LogP contribution in [-0.2, 0) is 9.59 Å². The Kier molecular flexibility index (Phi) is 4.96. The van der Waals surface area contributed by atoms with E-state index in [9.17, 15) is 14.0 Å². The minimum absolute atomic E-state index is 0.0199. The second-order valence-electron chi connectivity index (χ2n) is 8.58. The summed E-state index contributed by atoms with van der Waals surface area (Å²) in [5, 5.41) is 0. The summed E-state index contributed by atoms with van der Waals surface area (Å²) in [5.74, 6) is 0.461. The Balaban J connectivity index is 1.22. The monoisotopic (exact) mass is 420 g/mol. The van der Waals surface area contributed by atoms with Crippen LogP contribution in [0.25, 0.3) is 11.0 Å². The van der Waals surface area contributed by atoms with Gasteiger partial charge >= 0.3 is 0 Å². The van der Waals surface area contributed by atoms with Gasteiger partial charge in [0.05, 0.1) is 17.0 Å². The first-order valence-electron chi connectivity index (χ1n) is 10.8. The smallest absolute Gasteiger partial charge is 0.228 e. The second-order valence-corrected chi connectivity index (χ2v) is 8.58. The number of piperidine rings is 1. The number of anilines is 1. The van der Waals surface area contributed by atoms with Crippen LogP contribution < -0.4 is 4.90 Å². The molecule has 160 valence electrons. The van der Waals surface area contributed by atoms with Crippen molar-refractivity contribution in [3.05, 3.63) is 59.7 Å². The number of fused-ring (bicyclic) bond motifs is 1. The predicted molar refractivity (Wildman–Crippen MR) is 116 cm³/mol. The molecule has 0 spiro atoms. The van der Waals surface area contributed by atoms with Crippen molar-refractivity contribution in [2.45, 2.75) is 32.1 Å². The van der Waals surface area contributed by atoms with E-state index in [1.54, 1.807) is 19.1 Å². The summed E-state index contributed by atoms with van der Waals surface area (Å²) in [6.07, 6.45) is 1.87. The number of para-hydroxylation sites is 2. The summed E-state index contributed by atoms with van der Waals surface area (Å²) in [6.45, 7) is 3.31. The zero-order valence-corrected chi connectivity index (χ0v) is 17.5. The maximum absolute atomic E-state index is 13.9. The Hall–Kier alpha value is -3.22. The minimum atomic E-state index is -0.375. The summed E-state index contributed by atoms with van der Waals surface area (Å²) < 4.78 is 13.9. The van der Waals surface area contributed by atoms with E-state index in [0.717, 1.165) is 29.7 Å². The average molecular weight is 420 g/mol. The number of hydrogen-bond acceptors (Lipinski definition) is 3. The van der Waals surface area contributed by atoms with Crippen LogP contribution in [0.2, 0.25) is 0 Å². The summed E-state index contributed by atoms with van der Waals surface area (Å²) >= 11 is 0. The molecule has 0 radical (unpaired) electrons. The zero-order valence-electron chi connectivity index (χ0n) is 17.5. The van der Waals surface area contributed by atoms with Crippen molar-refractivity contribution in [1.82, 2.24) is 14.9 Å². The first-order chi connectivity index (χ1) is 15.0. The second kappa shape index (κ2) is 7.80. The third-order valence-electron chi connectivity index (χ3n) is 6.54. The number of rotatable bonds is 3. The molecule has 1 aromatic heterocycles. The van der Waals surface area contributed by atoms with E-state index < -0.39 is 0 Å². The average Bonchev–Trinajstić information content (AvgIpc) is 3.39. The van der Waals surface area contributed by atoms with E-state index in [4.69, 9.17) is 4.98 Å². The Labute approximate surface area is 180 Å². The summed E-state index contributed by atoms with van der Waals surface area (Å²) in [6, 6.07) is 12.8. The van der Waals surface area contributed by atoms with Crippen molar-refractivity contribution in [3.8, 4) is 0 Å². The lowest BCUT2D eigenvalue weighted by Crippen LogP contribution is -2.42. The molecule has 3 aromatic rings. The number of carbonyl (C=O) groups is 2. The van der Waals surface area contributed by atoms with Crippen LogP contribution in [0.5, 0.6) is 0 Å². The molecule has 5 rings (SSSR count). The first kappa shape index (κ1) is 19.7. The molecular formula is C24H25FN4O2. The van der Waals surface area contributed by atoms with Gasteiger partial charge in [-0.2, -0.15) is 0 Å². The minimum Gasteiger partial charge on any atom is -0.342 e. The van der Waals surface area contributed by atoms with Gasteiger partial charge in [-0.3, -0.25) is 9.59 Å². The number of nitrogens with zero attached hydrogens (tertiary/aromatic N) is 3. The highest BCUT2D eigenvalue weighted by atomic mass is 19.1. The van der Waals surface area contributed by atoms with Crippen molar-refractivity contribution in [2.75, 3.05) is 24.5 Å². The van der Waals surface area contributed by atoms with E-state index in [1.807, 2.05) is 29.2 Å². The molecule has 31 heavy (non-hydrogen) atoms. The van der Waals surface area contributed by atoms with Crippen LogP contribution in [0.1, 0.15) is 36.6 Å².